The van der Waals surface area contributed by atoms with E-state index in [0.29, 0.717) is 11.8 Å². The predicted molar refractivity (Wildman–Crippen MR) is 64.2 cm³/mol. The van der Waals surface area contributed by atoms with Gasteiger partial charge in [0.15, 0.2) is 11.5 Å². The SMILES string of the molecule is COC(=O)c1oc(C(=O)Nc2nc(C(F)(F)F)co2)cc1C. The highest BCUT2D eigenvalue weighted by Crippen LogP contribution is 2.29. The number of nitrogens with zero attached hydrogens (tertiary/aromatic N) is 1. The standard InChI is InChI=1S/C12H9F3N2O5/c1-5-3-6(22-8(5)10(19)20-2)9(18)17-11-16-7(4-21-11)12(13,14)15/h3-4H,1-2H3,(H,16,17,18). The van der Waals surface area contributed by atoms with Crippen LogP contribution in [-0.4, -0.2) is 24.0 Å². The van der Waals surface area contributed by atoms with E-state index in [1.54, 1.807) is 0 Å². The number of hydrogen-bond donors (Lipinski definition) is 1. The van der Waals surface area contributed by atoms with Crippen molar-refractivity contribution in [2.24, 2.45) is 0 Å². The summed E-state index contributed by atoms with van der Waals surface area (Å²) in [5.41, 5.74) is -0.950. The molecule has 10 heteroatoms. The number of methoxy groups -OCH3 is 1. The minimum absolute atomic E-state index is 0.184. The molecule has 0 radical (unpaired) electrons. The molecule has 0 saturated heterocycles. The molecule has 2 aromatic heterocycles. The first-order chi connectivity index (χ1) is 10.2. The van der Waals surface area contributed by atoms with Gasteiger partial charge in [-0.05, 0) is 13.0 Å². The van der Waals surface area contributed by atoms with Crippen LogP contribution < -0.4 is 5.32 Å². The Labute approximate surface area is 121 Å². The number of anilines is 1. The van der Waals surface area contributed by atoms with E-state index in [2.05, 4.69) is 14.1 Å². The second kappa shape index (κ2) is 5.54. The molecule has 0 saturated carbocycles. The monoisotopic (exact) mass is 318 g/mol. The fourth-order valence-electron chi connectivity index (χ4n) is 1.51. The number of carbonyl (C=O) groups is 2. The third-order valence-electron chi connectivity index (χ3n) is 2.53. The van der Waals surface area contributed by atoms with E-state index in [4.69, 9.17) is 4.42 Å². The summed E-state index contributed by atoms with van der Waals surface area (Å²) >= 11 is 0. The van der Waals surface area contributed by atoms with Crippen LogP contribution in [0.25, 0.3) is 0 Å². The van der Waals surface area contributed by atoms with Crippen LogP contribution in [0.3, 0.4) is 0 Å². The largest absolute Gasteiger partial charge is 0.463 e. The molecule has 0 fully saturated rings. The van der Waals surface area contributed by atoms with E-state index in [1.165, 1.54) is 13.0 Å². The van der Waals surface area contributed by atoms with Gasteiger partial charge in [-0.2, -0.15) is 18.2 Å². The molecular formula is C12H9F3N2O5. The van der Waals surface area contributed by atoms with Crippen molar-refractivity contribution >= 4 is 17.9 Å². The summed E-state index contributed by atoms with van der Waals surface area (Å²) in [6.45, 7) is 1.50. The summed E-state index contributed by atoms with van der Waals surface area (Å²) in [5.74, 6) is -2.19. The zero-order valence-electron chi connectivity index (χ0n) is 11.3. The van der Waals surface area contributed by atoms with Gasteiger partial charge in [0.1, 0.15) is 6.26 Å². The maximum atomic E-state index is 12.3. The Morgan fingerprint density at radius 2 is 2.05 bits per heavy atom. The lowest BCUT2D eigenvalue weighted by Gasteiger charge is -1.99. The lowest BCUT2D eigenvalue weighted by molar-refractivity contribution is -0.141. The zero-order valence-corrected chi connectivity index (χ0v) is 11.3. The lowest BCUT2D eigenvalue weighted by atomic mass is 10.2. The number of oxazole rings is 1. The van der Waals surface area contributed by atoms with Crippen LogP contribution in [0.4, 0.5) is 19.2 Å². The van der Waals surface area contributed by atoms with E-state index >= 15 is 0 Å². The highest BCUT2D eigenvalue weighted by Gasteiger charge is 2.35. The first kappa shape index (κ1) is 15.6. The van der Waals surface area contributed by atoms with Crippen LogP contribution in [0.5, 0.6) is 0 Å². The molecule has 0 unspecified atom stereocenters. The van der Waals surface area contributed by atoms with Gasteiger partial charge in [-0.3, -0.25) is 10.1 Å². The number of esters is 1. The van der Waals surface area contributed by atoms with Crippen molar-refractivity contribution in [3.05, 3.63) is 35.1 Å². The van der Waals surface area contributed by atoms with Crippen LogP contribution in [0.2, 0.25) is 0 Å². The van der Waals surface area contributed by atoms with E-state index in [1.807, 2.05) is 5.32 Å². The summed E-state index contributed by atoms with van der Waals surface area (Å²) < 4.78 is 51.0. The number of furan rings is 1. The van der Waals surface area contributed by atoms with Crippen molar-refractivity contribution in [2.75, 3.05) is 12.4 Å². The van der Waals surface area contributed by atoms with E-state index < -0.39 is 29.8 Å². The molecule has 2 aromatic rings. The molecule has 0 bridgehead atoms. The number of aromatic nitrogens is 1. The molecule has 0 aliphatic heterocycles. The smallest absolute Gasteiger partial charge is 0.436 e. The normalized spacial score (nSPS) is 11.3. The van der Waals surface area contributed by atoms with E-state index in [0.717, 1.165) is 7.11 Å². The second-order valence-corrected chi connectivity index (χ2v) is 4.10. The zero-order chi connectivity index (χ0) is 16.5. The molecule has 0 aliphatic rings. The van der Waals surface area contributed by atoms with Gasteiger partial charge in [0, 0.05) is 5.56 Å². The van der Waals surface area contributed by atoms with Crippen LogP contribution >= 0.6 is 0 Å². The Morgan fingerprint density at radius 1 is 1.36 bits per heavy atom. The molecule has 0 atom stereocenters. The highest BCUT2D eigenvalue weighted by molar-refractivity contribution is 6.02. The van der Waals surface area contributed by atoms with Crippen molar-refractivity contribution in [1.82, 2.24) is 4.98 Å². The predicted octanol–water partition coefficient (Wildman–Crippen LogP) is 2.63. The number of halogens is 3. The van der Waals surface area contributed by atoms with Crippen molar-refractivity contribution in [3.8, 4) is 0 Å². The van der Waals surface area contributed by atoms with Crippen molar-refractivity contribution in [3.63, 3.8) is 0 Å². The minimum atomic E-state index is -4.69. The molecular weight excluding hydrogens is 309 g/mol. The van der Waals surface area contributed by atoms with Gasteiger partial charge in [0.25, 0.3) is 5.91 Å². The molecule has 2 rings (SSSR count). The number of carbonyl (C=O) groups excluding carboxylic acids is 2. The Kier molecular flexibility index (Phi) is 3.93. The molecule has 0 spiro atoms. The van der Waals surface area contributed by atoms with Gasteiger partial charge in [-0.25, -0.2) is 4.79 Å². The van der Waals surface area contributed by atoms with Gasteiger partial charge >= 0.3 is 18.2 Å². The van der Waals surface area contributed by atoms with Crippen molar-refractivity contribution in [2.45, 2.75) is 13.1 Å². The Bertz CT molecular complexity index is 717. The summed E-state index contributed by atoms with van der Waals surface area (Å²) in [7, 11) is 1.13. The molecule has 118 valence electrons. The van der Waals surface area contributed by atoms with Crippen LogP contribution in [-0.2, 0) is 10.9 Å². The molecule has 0 aliphatic carbocycles. The van der Waals surface area contributed by atoms with E-state index in [-0.39, 0.29) is 11.5 Å². The van der Waals surface area contributed by atoms with Gasteiger partial charge in [-0.1, -0.05) is 0 Å². The molecule has 7 nitrogen and oxygen atoms in total. The number of hydrogen-bond acceptors (Lipinski definition) is 6. The summed E-state index contributed by atoms with van der Waals surface area (Å²) in [5, 5.41) is 1.99. The topological polar surface area (TPSA) is 94.6 Å². The fourth-order valence-corrected chi connectivity index (χ4v) is 1.51. The maximum Gasteiger partial charge on any atom is 0.436 e. The quantitative estimate of drug-likeness (QED) is 0.874. The average Bonchev–Trinajstić information content (AvgIpc) is 3.04. The number of alkyl halides is 3. The van der Waals surface area contributed by atoms with E-state index in [9.17, 15) is 22.8 Å². The molecule has 2 heterocycles. The number of rotatable bonds is 3. The average molecular weight is 318 g/mol. The van der Waals surface area contributed by atoms with Crippen LogP contribution in [0.15, 0.2) is 21.2 Å². The van der Waals surface area contributed by atoms with Gasteiger partial charge in [0.2, 0.25) is 5.76 Å². The third kappa shape index (κ3) is 3.10. The third-order valence-corrected chi connectivity index (χ3v) is 2.53. The van der Waals surface area contributed by atoms with Gasteiger partial charge in [-0.15, -0.1) is 0 Å². The molecule has 1 N–H and O–H groups in total. The number of nitrogens with one attached hydrogen (secondary N) is 1. The number of aryl methyl sites for hydroxylation is 1. The summed E-state index contributed by atoms with van der Waals surface area (Å²) in [6.07, 6.45) is -4.32. The van der Waals surface area contributed by atoms with Crippen LogP contribution in [0, 0.1) is 6.92 Å². The Hall–Kier alpha value is -2.78. The van der Waals surface area contributed by atoms with Gasteiger partial charge < -0.3 is 13.6 Å². The Balaban J connectivity index is 2.16. The van der Waals surface area contributed by atoms with Crippen molar-refractivity contribution in [1.29, 1.82) is 0 Å². The first-order valence-corrected chi connectivity index (χ1v) is 5.75. The number of ether oxygens (including phenoxy) is 1. The summed E-state index contributed by atoms with van der Waals surface area (Å²) in [6, 6.07) is 0.584. The number of amides is 1. The Morgan fingerprint density at radius 3 is 2.59 bits per heavy atom. The highest BCUT2D eigenvalue weighted by atomic mass is 19.4. The lowest BCUT2D eigenvalue weighted by Crippen LogP contribution is -2.12. The second-order valence-electron chi connectivity index (χ2n) is 4.10. The summed E-state index contributed by atoms with van der Waals surface area (Å²) in [4.78, 5) is 26.2. The van der Waals surface area contributed by atoms with Crippen LogP contribution in [0.1, 0.15) is 32.4 Å². The molecule has 1 amide bonds. The minimum Gasteiger partial charge on any atom is -0.463 e. The first-order valence-electron chi connectivity index (χ1n) is 5.75. The fraction of sp³-hybridized carbons (Fsp3) is 0.250. The molecule has 0 aromatic carbocycles. The molecule has 22 heavy (non-hydrogen) atoms. The maximum absolute atomic E-state index is 12.3. The van der Waals surface area contributed by atoms with Gasteiger partial charge in [0.05, 0.1) is 7.11 Å². The van der Waals surface area contributed by atoms with Crippen molar-refractivity contribution < 1.29 is 36.3 Å².